The second-order valence-corrected chi connectivity index (χ2v) is 11.5. The Balaban J connectivity index is 1.54. The van der Waals surface area contributed by atoms with Crippen LogP contribution in [0.1, 0.15) is 43.4 Å². The molecule has 5 nitrogen and oxygen atoms in total. The Morgan fingerprint density at radius 1 is 1.03 bits per heavy atom. The average Bonchev–Trinajstić information content (AvgIpc) is 3.03. The van der Waals surface area contributed by atoms with Crippen LogP contribution < -0.4 is 5.32 Å². The number of β-amino-alcohol motifs (C(OH)–C–C–N with tert-alkyl or cyclic N) is 1. The average molecular weight is 505 g/mol. The first-order valence-corrected chi connectivity index (χ1v) is 13.3. The lowest BCUT2D eigenvalue weighted by Crippen LogP contribution is -2.50. The van der Waals surface area contributed by atoms with Crippen molar-refractivity contribution < 1.29 is 14.6 Å². The van der Waals surface area contributed by atoms with Crippen LogP contribution >= 0.6 is 11.9 Å². The highest BCUT2D eigenvalue weighted by molar-refractivity contribution is 7.97. The normalized spacial score (nSPS) is 17.9. The third kappa shape index (κ3) is 7.60. The predicted octanol–water partition coefficient (Wildman–Crippen LogP) is 5.83. The first-order valence-electron chi connectivity index (χ1n) is 12.5. The quantitative estimate of drug-likeness (QED) is 0.396. The summed E-state index contributed by atoms with van der Waals surface area (Å²) in [6, 6.07) is 28.5. The summed E-state index contributed by atoms with van der Waals surface area (Å²) < 4.78 is 7.75. The highest BCUT2D eigenvalue weighted by atomic mass is 32.2. The number of hydrogen-bond donors (Lipinski definition) is 2. The summed E-state index contributed by atoms with van der Waals surface area (Å²) in [5, 5.41) is 14.4. The number of rotatable bonds is 7. The van der Waals surface area contributed by atoms with Gasteiger partial charge >= 0.3 is 6.09 Å². The summed E-state index contributed by atoms with van der Waals surface area (Å²) in [5.74, 6) is 0.306. The van der Waals surface area contributed by atoms with Crippen molar-refractivity contribution in [3.8, 4) is 0 Å². The van der Waals surface area contributed by atoms with Gasteiger partial charge in [0.2, 0.25) is 0 Å². The molecule has 4 rings (SSSR count). The van der Waals surface area contributed by atoms with Crippen molar-refractivity contribution in [1.29, 1.82) is 0 Å². The van der Waals surface area contributed by atoms with Gasteiger partial charge in [-0.05, 0) is 68.3 Å². The highest BCUT2D eigenvalue weighted by Crippen LogP contribution is 2.36. The summed E-state index contributed by atoms with van der Waals surface area (Å²) in [7, 11) is 0. The van der Waals surface area contributed by atoms with E-state index in [1.54, 1.807) is 11.9 Å². The Morgan fingerprint density at radius 2 is 1.67 bits per heavy atom. The van der Waals surface area contributed by atoms with Crippen molar-refractivity contribution in [2.45, 2.75) is 62.2 Å². The Hall–Kier alpha value is -2.80. The van der Waals surface area contributed by atoms with E-state index in [9.17, 15) is 9.90 Å². The van der Waals surface area contributed by atoms with Gasteiger partial charge in [0.1, 0.15) is 5.60 Å². The van der Waals surface area contributed by atoms with Crippen LogP contribution in [0.25, 0.3) is 0 Å². The second kappa shape index (κ2) is 12.0. The number of nitrogens with one attached hydrogen (secondary N) is 1. The third-order valence-corrected chi connectivity index (χ3v) is 7.37. The summed E-state index contributed by atoms with van der Waals surface area (Å²) in [4.78, 5) is 13.9. The lowest BCUT2D eigenvalue weighted by atomic mass is 9.91. The molecule has 6 heteroatoms. The molecule has 3 aromatic carbocycles. The number of aliphatic hydroxyl groups is 1. The van der Waals surface area contributed by atoms with E-state index in [-0.39, 0.29) is 0 Å². The molecule has 190 valence electrons. The van der Waals surface area contributed by atoms with Gasteiger partial charge < -0.3 is 15.2 Å². The van der Waals surface area contributed by atoms with Gasteiger partial charge in [-0.1, -0.05) is 78.9 Å². The van der Waals surface area contributed by atoms with E-state index in [1.165, 1.54) is 16.0 Å². The number of amides is 1. The fourth-order valence-electron chi connectivity index (χ4n) is 4.52. The molecule has 0 saturated carbocycles. The van der Waals surface area contributed by atoms with E-state index < -0.39 is 23.8 Å². The largest absolute Gasteiger partial charge is 0.444 e. The van der Waals surface area contributed by atoms with E-state index in [2.05, 4.69) is 58.2 Å². The fraction of sp³-hybridized carbons (Fsp3) is 0.367. The number of alkyl carbamates (subject to hydrolysis) is 1. The zero-order chi connectivity index (χ0) is 25.5. The topological polar surface area (TPSA) is 61.8 Å². The molecule has 36 heavy (non-hydrogen) atoms. The molecular formula is C30H36N2O3S. The summed E-state index contributed by atoms with van der Waals surface area (Å²) in [6.07, 6.45) is 0.160. The van der Waals surface area contributed by atoms with Crippen molar-refractivity contribution >= 4 is 18.0 Å². The number of fused-ring (bicyclic) bond motifs is 1. The van der Waals surface area contributed by atoms with Crippen LogP contribution in [-0.4, -0.2) is 46.3 Å². The van der Waals surface area contributed by atoms with Gasteiger partial charge in [0.25, 0.3) is 0 Å². The number of carbonyl (C=O) groups excluding carboxylic acids is 1. The summed E-state index contributed by atoms with van der Waals surface area (Å²) in [5.41, 5.74) is 3.05. The molecule has 0 spiro atoms. The van der Waals surface area contributed by atoms with Gasteiger partial charge in [0, 0.05) is 23.9 Å². The van der Waals surface area contributed by atoms with Crippen LogP contribution in [0.5, 0.6) is 0 Å². The predicted molar refractivity (Wildman–Crippen MR) is 146 cm³/mol. The molecule has 3 atom stereocenters. The lowest BCUT2D eigenvalue weighted by Gasteiger charge is -2.31. The van der Waals surface area contributed by atoms with Crippen LogP contribution in [0.2, 0.25) is 0 Å². The Bertz CT molecular complexity index is 1120. The maximum Gasteiger partial charge on any atom is 0.407 e. The number of aliphatic hydroxyl groups excluding tert-OH is 1. The van der Waals surface area contributed by atoms with E-state index >= 15 is 0 Å². The summed E-state index contributed by atoms with van der Waals surface area (Å²) in [6.45, 7) is 6.72. The molecule has 0 fully saturated rings. The Morgan fingerprint density at radius 3 is 2.36 bits per heavy atom. The Labute approximate surface area is 219 Å². The molecule has 0 saturated heterocycles. The number of benzene rings is 3. The van der Waals surface area contributed by atoms with Crippen LogP contribution in [-0.2, 0) is 17.6 Å². The van der Waals surface area contributed by atoms with E-state index in [0.717, 1.165) is 18.5 Å². The zero-order valence-electron chi connectivity index (χ0n) is 21.3. The van der Waals surface area contributed by atoms with Crippen molar-refractivity contribution in [3.63, 3.8) is 0 Å². The minimum absolute atomic E-state index is 0.306. The summed E-state index contributed by atoms with van der Waals surface area (Å²) >= 11 is 1.69. The molecule has 0 aromatic heterocycles. The van der Waals surface area contributed by atoms with Gasteiger partial charge in [0.05, 0.1) is 12.1 Å². The molecule has 0 aliphatic carbocycles. The van der Waals surface area contributed by atoms with Crippen LogP contribution in [0.15, 0.2) is 89.8 Å². The smallest absolute Gasteiger partial charge is 0.407 e. The molecule has 0 bridgehead atoms. The molecule has 0 radical (unpaired) electrons. The number of nitrogens with zero attached hydrogens (tertiary/aromatic N) is 1. The molecule has 2 unspecified atom stereocenters. The fourth-order valence-corrected chi connectivity index (χ4v) is 5.69. The highest BCUT2D eigenvalue weighted by Gasteiger charge is 2.30. The van der Waals surface area contributed by atoms with Crippen molar-refractivity contribution in [2.24, 2.45) is 0 Å². The maximum atomic E-state index is 12.6. The van der Waals surface area contributed by atoms with E-state index in [1.807, 2.05) is 57.2 Å². The number of hydrogen-bond acceptors (Lipinski definition) is 5. The number of carbonyl (C=O) groups is 1. The van der Waals surface area contributed by atoms with Gasteiger partial charge in [-0.15, -0.1) is 0 Å². The van der Waals surface area contributed by atoms with Crippen molar-refractivity contribution in [2.75, 3.05) is 13.1 Å². The monoisotopic (exact) mass is 504 g/mol. The molecule has 1 heterocycles. The van der Waals surface area contributed by atoms with Gasteiger partial charge in [0.15, 0.2) is 0 Å². The van der Waals surface area contributed by atoms with Gasteiger partial charge in [-0.2, -0.15) is 0 Å². The van der Waals surface area contributed by atoms with Crippen LogP contribution in [0.4, 0.5) is 4.79 Å². The SMILES string of the molecule is CC(C)(C)OC(=O)NC(Cc1ccccc1)[C@H](O)CN1CC(c2ccccc2)Cc2ccccc2S1. The molecule has 3 aromatic rings. The second-order valence-electron chi connectivity index (χ2n) is 10.4. The van der Waals surface area contributed by atoms with Gasteiger partial charge in [-0.25, -0.2) is 9.10 Å². The third-order valence-electron chi connectivity index (χ3n) is 6.22. The minimum atomic E-state index is -0.785. The van der Waals surface area contributed by atoms with Crippen molar-refractivity contribution in [1.82, 2.24) is 9.62 Å². The molecule has 1 aliphatic heterocycles. The number of ether oxygens (including phenoxy) is 1. The van der Waals surface area contributed by atoms with Crippen LogP contribution in [0.3, 0.4) is 0 Å². The first-order chi connectivity index (χ1) is 17.3. The van der Waals surface area contributed by atoms with Crippen molar-refractivity contribution in [3.05, 3.63) is 102 Å². The molecule has 1 amide bonds. The van der Waals surface area contributed by atoms with E-state index in [0.29, 0.717) is 18.9 Å². The first kappa shape index (κ1) is 26.3. The minimum Gasteiger partial charge on any atom is -0.444 e. The lowest BCUT2D eigenvalue weighted by molar-refractivity contribution is 0.0404. The van der Waals surface area contributed by atoms with E-state index in [4.69, 9.17) is 4.74 Å². The zero-order valence-corrected chi connectivity index (χ0v) is 22.1. The van der Waals surface area contributed by atoms with Crippen LogP contribution in [0, 0.1) is 0 Å². The maximum absolute atomic E-state index is 12.6. The molecule has 2 N–H and O–H groups in total. The standard InChI is InChI=1S/C30H36N2O3S/c1-30(2,3)35-29(34)31-26(18-22-12-6-4-7-13-22)27(33)21-32-20-25(23-14-8-5-9-15-23)19-24-16-10-11-17-28(24)36-32/h4-17,25-27,33H,18-21H2,1-3H3,(H,31,34)/t25?,26?,27-/m1/s1. The molecule has 1 aliphatic rings. The van der Waals surface area contributed by atoms with Gasteiger partial charge in [-0.3, -0.25) is 0 Å². The Kier molecular flexibility index (Phi) is 8.72. The molecular weight excluding hydrogens is 468 g/mol.